The summed E-state index contributed by atoms with van der Waals surface area (Å²) < 4.78 is 16.0. The van der Waals surface area contributed by atoms with Crippen molar-refractivity contribution in [1.29, 1.82) is 0 Å². The van der Waals surface area contributed by atoms with Crippen molar-refractivity contribution in [3.8, 4) is 0 Å². The molecule has 0 N–H and O–H groups in total. The molecule has 1 unspecified atom stereocenters. The van der Waals surface area contributed by atoms with Crippen LogP contribution in [0.4, 0.5) is 0 Å². The SMILES string of the molecule is CN(C)CCC(=O)OCC1CC[C@H](OC(=O)CCN(C)C)O1. The minimum absolute atomic E-state index is 0.185. The summed E-state index contributed by atoms with van der Waals surface area (Å²) in [7, 11) is 7.62. The van der Waals surface area contributed by atoms with E-state index in [0.29, 0.717) is 32.4 Å². The summed E-state index contributed by atoms with van der Waals surface area (Å²) in [4.78, 5) is 27.0. The van der Waals surface area contributed by atoms with Gasteiger partial charge in [-0.3, -0.25) is 9.59 Å². The number of hydrogen-bond donors (Lipinski definition) is 0. The maximum atomic E-state index is 11.6. The van der Waals surface area contributed by atoms with Crippen LogP contribution in [-0.4, -0.2) is 82.0 Å². The monoisotopic (exact) mass is 316 g/mol. The van der Waals surface area contributed by atoms with Gasteiger partial charge in [-0.15, -0.1) is 0 Å². The van der Waals surface area contributed by atoms with Crippen LogP contribution in [0.1, 0.15) is 25.7 Å². The molecule has 0 aromatic heterocycles. The summed E-state index contributed by atoms with van der Waals surface area (Å²) in [6.45, 7) is 1.53. The molecule has 2 atom stereocenters. The fraction of sp³-hybridized carbons (Fsp3) is 0.867. The number of esters is 2. The third-order valence-electron chi connectivity index (χ3n) is 3.29. The summed E-state index contributed by atoms with van der Waals surface area (Å²) in [6.07, 6.45) is 1.38. The van der Waals surface area contributed by atoms with Crippen LogP contribution in [0.3, 0.4) is 0 Å². The fourth-order valence-electron chi connectivity index (χ4n) is 1.98. The summed E-state index contributed by atoms with van der Waals surface area (Å²) in [5.74, 6) is -0.494. The molecule has 0 aromatic carbocycles. The Labute approximate surface area is 132 Å². The third kappa shape index (κ3) is 8.31. The molecule has 1 saturated heterocycles. The van der Waals surface area contributed by atoms with Crippen LogP contribution in [0.5, 0.6) is 0 Å². The maximum Gasteiger partial charge on any atom is 0.309 e. The molecular weight excluding hydrogens is 288 g/mol. The minimum Gasteiger partial charge on any atom is -0.463 e. The summed E-state index contributed by atoms with van der Waals surface area (Å²) in [5.41, 5.74) is 0. The molecule has 0 amide bonds. The Hall–Kier alpha value is -1.18. The molecule has 22 heavy (non-hydrogen) atoms. The normalized spacial score (nSPS) is 21.4. The van der Waals surface area contributed by atoms with Gasteiger partial charge in [0.1, 0.15) is 6.61 Å². The van der Waals surface area contributed by atoms with Gasteiger partial charge in [0.2, 0.25) is 6.29 Å². The highest BCUT2D eigenvalue weighted by molar-refractivity contribution is 5.70. The Morgan fingerprint density at radius 3 is 2.18 bits per heavy atom. The standard InChI is InChI=1S/C15H28N2O5/c1-16(2)9-7-13(18)20-11-12-5-6-15(21-12)22-14(19)8-10-17(3)4/h12,15H,5-11H2,1-4H3/t12?,15-/m0/s1. The summed E-state index contributed by atoms with van der Waals surface area (Å²) in [6, 6.07) is 0. The van der Waals surface area contributed by atoms with Crippen molar-refractivity contribution in [1.82, 2.24) is 9.80 Å². The van der Waals surface area contributed by atoms with Crippen molar-refractivity contribution in [3.63, 3.8) is 0 Å². The molecule has 1 aliphatic heterocycles. The molecule has 1 heterocycles. The number of carbonyl (C=O) groups excluding carboxylic acids is 2. The van der Waals surface area contributed by atoms with Crippen molar-refractivity contribution in [2.45, 2.75) is 38.1 Å². The zero-order chi connectivity index (χ0) is 16.5. The van der Waals surface area contributed by atoms with Crippen LogP contribution in [-0.2, 0) is 23.8 Å². The fourth-order valence-corrected chi connectivity index (χ4v) is 1.98. The van der Waals surface area contributed by atoms with E-state index in [-0.39, 0.29) is 24.6 Å². The molecule has 1 aliphatic rings. The van der Waals surface area contributed by atoms with E-state index in [9.17, 15) is 9.59 Å². The number of ether oxygens (including phenoxy) is 3. The van der Waals surface area contributed by atoms with E-state index in [2.05, 4.69) is 0 Å². The average Bonchev–Trinajstić information content (AvgIpc) is 2.88. The predicted molar refractivity (Wildman–Crippen MR) is 81.3 cm³/mol. The van der Waals surface area contributed by atoms with E-state index in [0.717, 1.165) is 6.42 Å². The van der Waals surface area contributed by atoms with Crippen molar-refractivity contribution >= 4 is 11.9 Å². The van der Waals surface area contributed by atoms with E-state index in [1.165, 1.54) is 0 Å². The van der Waals surface area contributed by atoms with Gasteiger partial charge in [0.25, 0.3) is 0 Å². The largest absolute Gasteiger partial charge is 0.463 e. The number of carbonyl (C=O) groups is 2. The van der Waals surface area contributed by atoms with Gasteiger partial charge < -0.3 is 24.0 Å². The first-order chi connectivity index (χ1) is 10.4. The molecule has 0 aromatic rings. The number of rotatable bonds is 9. The van der Waals surface area contributed by atoms with Gasteiger partial charge in [0.15, 0.2) is 0 Å². The van der Waals surface area contributed by atoms with E-state index in [1.54, 1.807) is 0 Å². The highest BCUT2D eigenvalue weighted by Gasteiger charge is 2.29. The van der Waals surface area contributed by atoms with Crippen LogP contribution in [0.15, 0.2) is 0 Å². The molecule has 0 radical (unpaired) electrons. The minimum atomic E-state index is -0.514. The van der Waals surface area contributed by atoms with Gasteiger partial charge in [0.05, 0.1) is 18.9 Å². The van der Waals surface area contributed by atoms with Gasteiger partial charge in [0, 0.05) is 19.5 Å². The molecule has 1 fully saturated rings. The third-order valence-corrected chi connectivity index (χ3v) is 3.29. The van der Waals surface area contributed by atoms with Crippen LogP contribution >= 0.6 is 0 Å². The first-order valence-corrected chi connectivity index (χ1v) is 7.67. The van der Waals surface area contributed by atoms with Gasteiger partial charge in [-0.2, -0.15) is 0 Å². The first kappa shape index (κ1) is 18.9. The van der Waals surface area contributed by atoms with E-state index < -0.39 is 6.29 Å². The van der Waals surface area contributed by atoms with Gasteiger partial charge in [-0.05, 0) is 34.6 Å². The van der Waals surface area contributed by atoms with Crippen molar-refractivity contribution in [2.75, 3.05) is 47.9 Å². The van der Waals surface area contributed by atoms with Gasteiger partial charge in [-0.25, -0.2) is 0 Å². The Morgan fingerprint density at radius 1 is 1.00 bits per heavy atom. The smallest absolute Gasteiger partial charge is 0.309 e. The highest BCUT2D eigenvalue weighted by atomic mass is 16.7. The van der Waals surface area contributed by atoms with Crippen LogP contribution in [0, 0.1) is 0 Å². The Balaban J connectivity index is 2.15. The van der Waals surface area contributed by atoms with Crippen LogP contribution in [0.25, 0.3) is 0 Å². The van der Waals surface area contributed by atoms with Crippen LogP contribution < -0.4 is 0 Å². The lowest BCUT2D eigenvalue weighted by Gasteiger charge is -2.16. The lowest BCUT2D eigenvalue weighted by molar-refractivity contribution is -0.180. The average molecular weight is 316 g/mol. The number of nitrogens with zero attached hydrogens (tertiary/aromatic N) is 2. The van der Waals surface area contributed by atoms with E-state index in [4.69, 9.17) is 14.2 Å². The molecule has 0 spiro atoms. The molecule has 1 rings (SSSR count). The summed E-state index contributed by atoms with van der Waals surface area (Å²) >= 11 is 0. The zero-order valence-corrected chi connectivity index (χ0v) is 14.0. The first-order valence-electron chi connectivity index (χ1n) is 7.67. The molecular formula is C15H28N2O5. The summed E-state index contributed by atoms with van der Waals surface area (Å²) in [5, 5.41) is 0. The Morgan fingerprint density at radius 2 is 1.59 bits per heavy atom. The predicted octanol–water partition coefficient (Wildman–Crippen LogP) is 0.481. The van der Waals surface area contributed by atoms with E-state index >= 15 is 0 Å². The second-order valence-electron chi connectivity index (χ2n) is 6.04. The lowest BCUT2D eigenvalue weighted by atomic mass is 10.2. The molecule has 0 saturated carbocycles. The van der Waals surface area contributed by atoms with Gasteiger partial charge in [-0.1, -0.05) is 0 Å². The molecule has 7 nitrogen and oxygen atoms in total. The van der Waals surface area contributed by atoms with Gasteiger partial charge >= 0.3 is 11.9 Å². The van der Waals surface area contributed by atoms with Crippen LogP contribution in [0.2, 0.25) is 0 Å². The second kappa shape index (κ2) is 9.76. The van der Waals surface area contributed by atoms with E-state index in [1.807, 2.05) is 38.0 Å². The maximum absolute atomic E-state index is 11.6. The molecule has 128 valence electrons. The van der Waals surface area contributed by atoms with Crippen molar-refractivity contribution in [2.24, 2.45) is 0 Å². The molecule has 0 aliphatic carbocycles. The Bertz CT molecular complexity index is 360. The molecule has 0 bridgehead atoms. The topological polar surface area (TPSA) is 68.3 Å². The zero-order valence-electron chi connectivity index (χ0n) is 14.0. The Kier molecular flexibility index (Phi) is 8.37. The molecule has 7 heteroatoms. The number of hydrogen-bond acceptors (Lipinski definition) is 7. The van der Waals surface area contributed by atoms with Crippen molar-refractivity contribution in [3.05, 3.63) is 0 Å². The quantitative estimate of drug-likeness (QED) is 0.573. The lowest BCUT2D eigenvalue weighted by Crippen LogP contribution is -2.25. The highest BCUT2D eigenvalue weighted by Crippen LogP contribution is 2.21. The second-order valence-corrected chi connectivity index (χ2v) is 6.04. The van der Waals surface area contributed by atoms with Crippen molar-refractivity contribution < 1.29 is 23.8 Å².